The fraction of sp³-hybridized carbons (Fsp3) is 0.261. The monoisotopic (exact) mass is 470 g/mol. The van der Waals surface area contributed by atoms with Crippen LogP contribution in [0, 0.1) is 0 Å². The van der Waals surface area contributed by atoms with Gasteiger partial charge in [0, 0.05) is 27.5 Å². The molecule has 9 heteroatoms. The lowest BCUT2D eigenvalue weighted by molar-refractivity contribution is 0.0873. The van der Waals surface area contributed by atoms with Crippen LogP contribution in [-0.4, -0.2) is 33.9 Å². The second-order valence-electron chi connectivity index (χ2n) is 8.04. The minimum absolute atomic E-state index is 0.0285. The Morgan fingerprint density at radius 1 is 0.906 bits per heavy atom. The average Bonchev–Trinajstić information content (AvgIpc) is 3.38. The van der Waals surface area contributed by atoms with Gasteiger partial charge in [-0.3, -0.25) is 9.59 Å². The third-order valence-corrected chi connectivity index (χ3v) is 6.23. The van der Waals surface area contributed by atoms with E-state index < -0.39 is 0 Å². The Morgan fingerprint density at radius 3 is 2.31 bits per heavy atom. The Bertz CT molecular complexity index is 1220. The zero-order valence-corrected chi connectivity index (χ0v) is 18.5. The first-order valence-corrected chi connectivity index (χ1v) is 11.2. The maximum atomic E-state index is 12.6. The fourth-order valence-corrected chi connectivity index (χ4v) is 4.46. The number of carbonyl (C=O) groups is 2. The highest BCUT2D eigenvalue weighted by Crippen LogP contribution is 2.24. The summed E-state index contributed by atoms with van der Waals surface area (Å²) in [5, 5.41) is 8.03. The number of nitrogens with one attached hydrogen (secondary N) is 3. The van der Waals surface area contributed by atoms with Crippen molar-refractivity contribution in [3.63, 3.8) is 0 Å². The lowest BCUT2D eigenvalue weighted by Crippen LogP contribution is -2.44. The lowest BCUT2D eigenvalue weighted by atomic mass is 9.91. The Morgan fingerprint density at radius 2 is 1.56 bits per heavy atom. The molecule has 3 N–H and O–H groups in total. The molecule has 0 radical (unpaired) electrons. The molecule has 4 aromatic rings. The van der Waals surface area contributed by atoms with Crippen molar-refractivity contribution >= 4 is 57.0 Å². The number of rotatable bonds is 4. The van der Waals surface area contributed by atoms with E-state index >= 15 is 0 Å². The molecular formula is C23H20Cl2N4O3. The second kappa shape index (κ2) is 8.48. The predicted molar refractivity (Wildman–Crippen MR) is 123 cm³/mol. The topological polar surface area (TPSA) is 100 Å². The molecule has 0 unspecified atom stereocenters. The number of hydrogen-bond donors (Lipinski definition) is 3. The van der Waals surface area contributed by atoms with Crippen LogP contribution in [0.1, 0.15) is 46.9 Å². The SMILES string of the molecule is O=C(NC1CCC(NC(=O)c2cc3cc(Cl)ccc3o2)CC1)c1nc2ccc(Cl)cc2[nH]1. The highest BCUT2D eigenvalue weighted by atomic mass is 35.5. The van der Waals surface area contributed by atoms with Crippen molar-refractivity contribution in [1.82, 2.24) is 20.6 Å². The van der Waals surface area contributed by atoms with Crippen molar-refractivity contribution in [1.29, 1.82) is 0 Å². The maximum absolute atomic E-state index is 12.6. The molecule has 0 spiro atoms. The van der Waals surface area contributed by atoms with Crippen molar-refractivity contribution in [2.45, 2.75) is 37.8 Å². The number of nitrogens with zero attached hydrogens (tertiary/aromatic N) is 1. The fourth-order valence-electron chi connectivity index (χ4n) is 4.11. The van der Waals surface area contributed by atoms with Crippen LogP contribution in [0.4, 0.5) is 0 Å². The third kappa shape index (κ3) is 4.31. The van der Waals surface area contributed by atoms with Crippen LogP contribution < -0.4 is 10.6 Å². The summed E-state index contributed by atoms with van der Waals surface area (Å²) in [5.41, 5.74) is 2.04. The smallest absolute Gasteiger partial charge is 0.287 e. The number of carbonyl (C=O) groups excluding carboxylic acids is 2. The number of benzene rings is 2. The van der Waals surface area contributed by atoms with Gasteiger partial charge in [0.25, 0.3) is 11.8 Å². The molecule has 0 aliphatic heterocycles. The van der Waals surface area contributed by atoms with Crippen molar-refractivity contribution in [3.05, 3.63) is 64.1 Å². The van der Waals surface area contributed by atoms with Crippen LogP contribution >= 0.6 is 23.2 Å². The first-order valence-electron chi connectivity index (χ1n) is 10.4. The van der Waals surface area contributed by atoms with E-state index in [0.717, 1.165) is 36.6 Å². The van der Waals surface area contributed by atoms with Crippen LogP contribution in [0.3, 0.4) is 0 Å². The molecule has 1 fully saturated rings. The first kappa shape index (κ1) is 20.8. The molecule has 0 saturated heterocycles. The van der Waals surface area contributed by atoms with E-state index in [1.54, 1.807) is 42.5 Å². The summed E-state index contributed by atoms with van der Waals surface area (Å²) in [4.78, 5) is 32.5. The molecule has 1 saturated carbocycles. The van der Waals surface area contributed by atoms with E-state index in [1.807, 2.05) is 0 Å². The summed E-state index contributed by atoms with van der Waals surface area (Å²) in [6, 6.07) is 12.2. The maximum Gasteiger partial charge on any atom is 0.287 e. The van der Waals surface area contributed by atoms with E-state index in [4.69, 9.17) is 27.6 Å². The highest BCUT2D eigenvalue weighted by Gasteiger charge is 2.26. The second-order valence-corrected chi connectivity index (χ2v) is 8.91. The molecular weight excluding hydrogens is 451 g/mol. The number of fused-ring (bicyclic) bond motifs is 2. The minimum Gasteiger partial charge on any atom is -0.451 e. The largest absolute Gasteiger partial charge is 0.451 e. The van der Waals surface area contributed by atoms with Gasteiger partial charge in [0.05, 0.1) is 11.0 Å². The molecule has 5 rings (SSSR count). The first-order chi connectivity index (χ1) is 15.4. The lowest BCUT2D eigenvalue weighted by Gasteiger charge is -2.29. The zero-order valence-electron chi connectivity index (χ0n) is 17.0. The van der Waals surface area contributed by atoms with Gasteiger partial charge < -0.3 is 20.0 Å². The molecule has 164 valence electrons. The number of hydrogen-bond acceptors (Lipinski definition) is 4. The van der Waals surface area contributed by atoms with Crippen molar-refractivity contribution in [3.8, 4) is 0 Å². The standard InChI is InChI=1S/C23H20Cl2N4O3/c24-13-2-8-19-12(9-13)10-20(32-19)22(30)26-15-3-5-16(6-4-15)27-23(31)21-28-17-7-1-14(25)11-18(17)29-21/h1-2,7-11,15-16H,3-6H2,(H,26,30)(H,27,31)(H,28,29). The van der Waals surface area contributed by atoms with E-state index in [2.05, 4.69) is 20.6 Å². The summed E-state index contributed by atoms with van der Waals surface area (Å²) in [7, 11) is 0. The minimum atomic E-state index is -0.245. The number of furan rings is 1. The Kier molecular flexibility index (Phi) is 5.53. The summed E-state index contributed by atoms with van der Waals surface area (Å²) in [6.45, 7) is 0. The predicted octanol–water partition coefficient (Wildman–Crippen LogP) is 5.09. The van der Waals surface area contributed by atoms with E-state index in [0.29, 0.717) is 21.1 Å². The van der Waals surface area contributed by atoms with Gasteiger partial charge in [0.2, 0.25) is 0 Å². The van der Waals surface area contributed by atoms with Crippen molar-refractivity contribution in [2.75, 3.05) is 0 Å². The molecule has 2 aromatic heterocycles. The molecule has 2 aromatic carbocycles. The van der Waals surface area contributed by atoms with Crippen molar-refractivity contribution in [2.24, 2.45) is 0 Å². The molecule has 0 bridgehead atoms. The van der Waals surface area contributed by atoms with Gasteiger partial charge >= 0.3 is 0 Å². The summed E-state index contributed by atoms with van der Waals surface area (Å²) < 4.78 is 5.64. The summed E-state index contributed by atoms with van der Waals surface area (Å²) in [6.07, 6.45) is 3.05. The van der Waals surface area contributed by atoms with Gasteiger partial charge in [-0.2, -0.15) is 0 Å². The molecule has 32 heavy (non-hydrogen) atoms. The summed E-state index contributed by atoms with van der Waals surface area (Å²) in [5.74, 6) is 0.0434. The van der Waals surface area contributed by atoms with Crippen LogP contribution in [0.2, 0.25) is 10.0 Å². The Balaban J connectivity index is 1.15. The number of aromatic amines is 1. The van der Waals surface area contributed by atoms with Crippen LogP contribution in [0.5, 0.6) is 0 Å². The third-order valence-electron chi connectivity index (χ3n) is 5.76. The van der Waals surface area contributed by atoms with Gasteiger partial charge in [0.1, 0.15) is 5.58 Å². The van der Waals surface area contributed by atoms with E-state index in [1.165, 1.54) is 0 Å². The van der Waals surface area contributed by atoms with Gasteiger partial charge in [-0.25, -0.2) is 4.98 Å². The quantitative estimate of drug-likeness (QED) is 0.386. The van der Waals surface area contributed by atoms with Gasteiger partial charge in [-0.05, 0) is 68.1 Å². The molecule has 2 heterocycles. The number of aromatic nitrogens is 2. The van der Waals surface area contributed by atoms with Crippen LogP contribution in [0.25, 0.3) is 22.0 Å². The number of amides is 2. The van der Waals surface area contributed by atoms with Crippen molar-refractivity contribution < 1.29 is 14.0 Å². The van der Waals surface area contributed by atoms with E-state index in [-0.39, 0.29) is 35.5 Å². The average molecular weight is 471 g/mol. The molecule has 7 nitrogen and oxygen atoms in total. The molecule has 1 aliphatic rings. The zero-order chi connectivity index (χ0) is 22.2. The van der Waals surface area contributed by atoms with Crippen LogP contribution in [0.15, 0.2) is 46.9 Å². The van der Waals surface area contributed by atoms with Gasteiger partial charge in [-0.1, -0.05) is 23.2 Å². The summed E-state index contributed by atoms with van der Waals surface area (Å²) >= 11 is 12.0. The molecule has 1 aliphatic carbocycles. The van der Waals surface area contributed by atoms with Gasteiger partial charge in [-0.15, -0.1) is 0 Å². The van der Waals surface area contributed by atoms with Crippen LogP contribution in [-0.2, 0) is 0 Å². The van der Waals surface area contributed by atoms with E-state index in [9.17, 15) is 9.59 Å². The Hall–Kier alpha value is -3.03. The normalized spacial score (nSPS) is 18.7. The number of imidazole rings is 1. The Labute approximate surface area is 193 Å². The number of halogens is 2. The van der Waals surface area contributed by atoms with Gasteiger partial charge in [0.15, 0.2) is 11.6 Å². The highest BCUT2D eigenvalue weighted by molar-refractivity contribution is 6.31. The molecule has 0 atom stereocenters. The number of H-pyrrole nitrogens is 1. The molecule has 2 amide bonds.